The minimum atomic E-state index is -1.80. The number of carbonyl (C=O) groups excluding carboxylic acids is 1. The molecule has 0 saturated carbocycles. The van der Waals surface area contributed by atoms with Gasteiger partial charge < -0.3 is 65.1 Å². The molecule has 12 atom stereocenters. The number of nitrogens with one attached hydrogen (secondary N) is 1. The minimum Gasteiger partial charge on any atom is -0.394 e. The van der Waals surface area contributed by atoms with Gasteiger partial charge in [-0.1, -0.05) is 242 Å². The summed E-state index contributed by atoms with van der Waals surface area (Å²) >= 11 is 0. The SMILES string of the molecule is CC/C=C\C/C=C\C/C=C\C/C=C\C/C=C\C/C=C\C/C=C\C/C=C\C/C=C\C/C=C\CCCCCCC(=O)NC(COC1OC(CO)C(OC2OC(CO)C(O)C(O)C2O)C(O)C1O)C(O)/C=C/CC/C=C/CC/C=C/CCCCCCCCCCCC. The Morgan fingerprint density at radius 3 is 1.24 bits per heavy atom. The van der Waals surface area contributed by atoms with Crippen LogP contribution >= 0.6 is 0 Å². The summed E-state index contributed by atoms with van der Waals surface area (Å²) < 4.78 is 22.8. The molecular formula is C75H121NO13. The Balaban J connectivity index is 1.73. The molecule has 12 unspecified atom stereocenters. The van der Waals surface area contributed by atoms with Crippen LogP contribution in [0.1, 0.15) is 213 Å². The van der Waals surface area contributed by atoms with Crippen LogP contribution in [0.2, 0.25) is 0 Å². The summed E-state index contributed by atoms with van der Waals surface area (Å²) in [5, 5.41) is 87.3. The van der Waals surface area contributed by atoms with Gasteiger partial charge in [0, 0.05) is 6.42 Å². The normalized spacial score (nSPS) is 24.1. The summed E-state index contributed by atoms with van der Waals surface area (Å²) in [6, 6.07) is -0.965. The quantitative estimate of drug-likeness (QED) is 0.0204. The van der Waals surface area contributed by atoms with Gasteiger partial charge in [0.1, 0.15) is 48.8 Å². The number of aliphatic hydroxyl groups is 8. The summed E-state index contributed by atoms with van der Waals surface area (Å²) in [7, 11) is 0. The molecule has 0 radical (unpaired) electrons. The van der Waals surface area contributed by atoms with Gasteiger partial charge in [0.2, 0.25) is 5.91 Å². The van der Waals surface area contributed by atoms with Crippen molar-refractivity contribution in [2.45, 2.75) is 286 Å². The molecule has 0 bridgehead atoms. The third kappa shape index (κ3) is 41.7. The van der Waals surface area contributed by atoms with Crippen LogP contribution in [0.25, 0.3) is 0 Å². The van der Waals surface area contributed by atoms with Crippen molar-refractivity contribution in [3.63, 3.8) is 0 Å². The molecule has 2 aliphatic rings. The molecule has 2 rings (SSSR count). The first-order valence-electron chi connectivity index (χ1n) is 34.2. The van der Waals surface area contributed by atoms with Crippen LogP contribution in [0.4, 0.5) is 0 Å². The summed E-state index contributed by atoms with van der Waals surface area (Å²) in [6.45, 7) is 2.63. The molecule has 2 heterocycles. The van der Waals surface area contributed by atoms with Gasteiger partial charge in [-0.15, -0.1) is 0 Å². The Morgan fingerprint density at radius 1 is 0.416 bits per heavy atom. The van der Waals surface area contributed by atoms with E-state index in [0.29, 0.717) is 12.8 Å². The number of ether oxygens (including phenoxy) is 4. The Morgan fingerprint density at radius 2 is 0.787 bits per heavy atom. The van der Waals surface area contributed by atoms with E-state index in [1.807, 2.05) is 6.08 Å². The highest BCUT2D eigenvalue weighted by Gasteiger charge is 2.51. The number of hydrogen-bond acceptors (Lipinski definition) is 13. The Kier molecular flexibility index (Phi) is 52.1. The van der Waals surface area contributed by atoms with Crippen LogP contribution in [0.5, 0.6) is 0 Å². The summed E-state index contributed by atoms with van der Waals surface area (Å²) in [4.78, 5) is 13.3. The molecule has 1 amide bonds. The molecule has 2 aliphatic heterocycles. The van der Waals surface area contributed by atoms with E-state index >= 15 is 0 Å². The molecule has 2 saturated heterocycles. The van der Waals surface area contributed by atoms with Gasteiger partial charge in [-0.2, -0.15) is 0 Å². The van der Waals surface area contributed by atoms with Crippen LogP contribution < -0.4 is 5.32 Å². The van der Waals surface area contributed by atoms with E-state index in [9.17, 15) is 45.6 Å². The first-order valence-corrected chi connectivity index (χ1v) is 34.2. The fourth-order valence-corrected chi connectivity index (χ4v) is 10.00. The van der Waals surface area contributed by atoms with E-state index in [1.54, 1.807) is 6.08 Å². The molecule has 14 nitrogen and oxygen atoms in total. The number of amides is 1. The second kappa shape index (κ2) is 57.5. The molecular weight excluding hydrogens is 1120 g/mol. The largest absolute Gasteiger partial charge is 0.394 e. The highest BCUT2D eigenvalue weighted by atomic mass is 16.7. The average molecular weight is 1240 g/mol. The van der Waals surface area contributed by atoms with Gasteiger partial charge in [0.25, 0.3) is 0 Å². The fourth-order valence-electron chi connectivity index (χ4n) is 10.00. The van der Waals surface area contributed by atoms with Crippen LogP contribution in [0.3, 0.4) is 0 Å². The van der Waals surface area contributed by atoms with Crippen molar-refractivity contribution in [2.24, 2.45) is 0 Å². The summed E-state index contributed by atoms with van der Waals surface area (Å²) in [5.41, 5.74) is 0. The monoisotopic (exact) mass is 1240 g/mol. The van der Waals surface area contributed by atoms with Crippen LogP contribution in [-0.2, 0) is 23.7 Å². The fraction of sp³-hybridized carbons (Fsp3) is 0.640. The predicted octanol–water partition coefficient (Wildman–Crippen LogP) is 13.8. The molecule has 0 aromatic carbocycles. The van der Waals surface area contributed by atoms with Gasteiger partial charge in [-0.3, -0.25) is 4.79 Å². The zero-order valence-electron chi connectivity index (χ0n) is 54.6. The number of rotatable bonds is 53. The lowest BCUT2D eigenvalue weighted by Gasteiger charge is -2.46. The molecule has 504 valence electrons. The van der Waals surface area contributed by atoms with Crippen molar-refractivity contribution < 1.29 is 64.6 Å². The van der Waals surface area contributed by atoms with Crippen LogP contribution in [0.15, 0.2) is 158 Å². The molecule has 0 aliphatic carbocycles. The molecule has 89 heavy (non-hydrogen) atoms. The second-order valence-electron chi connectivity index (χ2n) is 23.2. The van der Waals surface area contributed by atoms with E-state index in [0.717, 1.165) is 116 Å². The highest BCUT2D eigenvalue weighted by molar-refractivity contribution is 5.76. The standard InChI is InChI=1S/C75H121NO13/c1-3-5-7-9-11-13-15-17-19-21-23-25-26-27-28-29-30-31-32-33-34-35-36-37-38-39-41-43-45-47-49-51-53-55-57-59-67(80)76-63(64(79)58-56-54-52-50-48-46-44-42-40-24-22-20-18-16-14-12-10-8-6-4-2)62-86-74-72(85)70(83)73(66(61-78)88-74)89-75-71(84)69(82)68(81)65(60-77)87-75/h5,7,11,13,17,19,23,25,27-28,30-31,33-34,36-37,39-42,45,47-48,50,56,58,63-66,68-75,77-79,81-85H,3-4,6,8-10,12,14-16,18,20-22,24,26,29,32,35,38,43-44,46,49,51-55,57,59-62H2,1-2H3,(H,76,80)/b7-5-,13-11-,19-17-,25-23-,28-27-,31-30-,34-33-,37-36-,41-39-,42-40+,47-45-,50-48+,58-56+. The van der Waals surface area contributed by atoms with E-state index in [4.69, 9.17) is 18.9 Å². The lowest BCUT2D eigenvalue weighted by atomic mass is 9.97. The molecule has 9 N–H and O–H groups in total. The highest BCUT2D eigenvalue weighted by Crippen LogP contribution is 2.30. The number of carbonyl (C=O) groups is 1. The molecule has 14 heteroatoms. The molecule has 0 spiro atoms. The van der Waals surface area contributed by atoms with Crippen molar-refractivity contribution in [1.82, 2.24) is 5.32 Å². The topological polar surface area (TPSA) is 228 Å². The second-order valence-corrected chi connectivity index (χ2v) is 23.2. The lowest BCUT2D eigenvalue weighted by Crippen LogP contribution is -2.65. The van der Waals surface area contributed by atoms with E-state index in [2.05, 4.69) is 165 Å². The van der Waals surface area contributed by atoms with Crippen molar-refractivity contribution >= 4 is 5.91 Å². The first kappa shape index (κ1) is 80.7. The van der Waals surface area contributed by atoms with E-state index < -0.39 is 86.8 Å². The number of aliphatic hydroxyl groups excluding tert-OH is 8. The van der Waals surface area contributed by atoms with E-state index in [-0.39, 0.29) is 18.9 Å². The molecule has 2 fully saturated rings. The maximum Gasteiger partial charge on any atom is 0.220 e. The zero-order valence-corrected chi connectivity index (χ0v) is 54.6. The van der Waals surface area contributed by atoms with Gasteiger partial charge in [0.15, 0.2) is 12.6 Å². The molecule has 0 aromatic heterocycles. The van der Waals surface area contributed by atoms with Gasteiger partial charge >= 0.3 is 0 Å². The predicted molar refractivity (Wildman–Crippen MR) is 364 cm³/mol. The average Bonchev–Trinajstić information content (AvgIpc) is 3.62. The third-order valence-electron chi connectivity index (χ3n) is 15.4. The smallest absolute Gasteiger partial charge is 0.220 e. The van der Waals surface area contributed by atoms with Crippen molar-refractivity contribution in [1.29, 1.82) is 0 Å². The molecule has 0 aromatic rings. The summed E-state index contributed by atoms with van der Waals surface area (Å²) in [6.07, 6.45) is 71.4. The van der Waals surface area contributed by atoms with Crippen molar-refractivity contribution in [3.05, 3.63) is 158 Å². The van der Waals surface area contributed by atoms with Gasteiger partial charge in [0.05, 0.1) is 32.0 Å². The zero-order chi connectivity index (χ0) is 64.5. The van der Waals surface area contributed by atoms with Crippen molar-refractivity contribution in [3.8, 4) is 0 Å². The number of unbranched alkanes of at least 4 members (excludes halogenated alkanes) is 16. The van der Waals surface area contributed by atoms with Gasteiger partial charge in [-0.25, -0.2) is 0 Å². The minimum absolute atomic E-state index is 0.229. The number of allylic oxidation sites excluding steroid dienone is 25. The summed E-state index contributed by atoms with van der Waals surface area (Å²) in [5.74, 6) is -0.284. The number of hydrogen-bond donors (Lipinski definition) is 9. The maximum absolute atomic E-state index is 13.3. The lowest BCUT2D eigenvalue weighted by molar-refractivity contribution is -0.359. The third-order valence-corrected chi connectivity index (χ3v) is 15.4. The Bertz CT molecular complexity index is 2100. The first-order chi connectivity index (χ1) is 43.6. The van der Waals surface area contributed by atoms with Crippen LogP contribution in [-0.4, -0.2) is 140 Å². The Hall–Kier alpha value is -4.39. The van der Waals surface area contributed by atoms with Crippen molar-refractivity contribution in [2.75, 3.05) is 19.8 Å². The van der Waals surface area contributed by atoms with Gasteiger partial charge in [-0.05, 0) is 122 Å². The van der Waals surface area contributed by atoms with Crippen LogP contribution in [0, 0.1) is 0 Å². The maximum atomic E-state index is 13.3. The van der Waals surface area contributed by atoms with E-state index in [1.165, 1.54) is 64.2 Å². The Labute approximate surface area is 537 Å².